The molecule has 0 aliphatic rings. The molecular weight excluding hydrogens is 252 g/mol. The average Bonchev–Trinajstić information content (AvgIpc) is 2.77. The number of nitrogens with two attached hydrogens (primary N) is 1. The molecule has 0 amide bonds. The molecule has 4 nitrogen and oxygen atoms in total. The predicted molar refractivity (Wildman–Crippen MR) is 72.1 cm³/mol. The summed E-state index contributed by atoms with van der Waals surface area (Å²) < 4.78 is 10.4. The van der Waals surface area contributed by atoms with Crippen LogP contribution in [0.2, 0.25) is 5.02 Å². The fraction of sp³-hybridized carbons (Fsp3) is 0.308. The molecule has 0 aliphatic carbocycles. The van der Waals surface area contributed by atoms with E-state index in [1.165, 1.54) is 0 Å². The summed E-state index contributed by atoms with van der Waals surface area (Å²) in [5.74, 6) is 1.02. The van der Waals surface area contributed by atoms with Crippen LogP contribution in [0.15, 0.2) is 10.6 Å². The number of hydrogen-bond acceptors (Lipinski definition) is 4. The van der Waals surface area contributed by atoms with Crippen molar-refractivity contribution in [2.45, 2.75) is 20.8 Å². The summed E-state index contributed by atoms with van der Waals surface area (Å²) in [6.45, 7) is 5.86. The van der Waals surface area contributed by atoms with E-state index in [4.69, 9.17) is 26.6 Å². The van der Waals surface area contributed by atoms with Gasteiger partial charge >= 0.3 is 0 Å². The first kappa shape index (κ1) is 12.8. The Morgan fingerprint density at radius 3 is 2.39 bits per heavy atom. The average molecular weight is 267 g/mol. The van der Waals surface area contributed by atoms with E-state index >= 15 is 0 Å². The number of ether oxygens (including phenoxy) is 1. The van der Waals surface area contributed by atoms with E-state index in [2.05, 4.69) is 5.16 Å². The zero-order chi connectivity index (χ0) is 13.4. The van der Waals surface area contributed by atoms with Crippen molar-refractivity contribution in [3.05, 3.63) is 27.8 Å². The Hall–Kier alpha value is -1.68. The number of rotatable bonds is 2. The molecule has 18 heavy (non-hydrogen) atoms. The lowest BCUT2D eigenvalue weighted by molar-refractivity contribution is 0.410. The van der Waals surface area contributed by atoms with Crippen LogP contribution >= 0.6 is 11.6 Å². The second-order valence-electron chi connectivity index (χ2n) is 4.21. The van der Waals surface area contributed by atoms with Gasteiger partial charge in [0.2, 0.25) is 5.88 Å². The SMILES string of the molecule is COc1c(C)c(C)c(Cl)c(C)c1-c1cc(N)on1. The van der Waals surface area contributed by atoms with Crippen molar-refractivity contribution in [3.63, 3.8) is 0 Å². The van der Waals surface area contributed by atoms with Gasteiger partial charge in [0.1, 0.15) is 11.4 Å². The minimum Gasteiger partial charge on any atom is -0.496 e. The number of methoxy groups -OCH3 is 1. The van der Waals surface area contributed by atoms with Crippen molar-refractivity contribution in [3.8, 4) is 17.0 Å². The fourth-order valence-corrected chi connectivity index (χ4v) is 2.29. The van der Waals surface area contributed by atoms with Crippen molar-refractivity contribution >= 4 is 17.5 Å². The summed E-state index contributed by atoms with van der Waals surface area (Å²) in [6.07, 6.45) is 0. The molecule has 5 heteroatoms. The van der Waals surface area contributed by atoms with Crippen molar-refractivity contribution in [1.82, 2.24) is 5.16 Å². The van der Waals surface area contributed by atoms with Gasteiger partial charge < -0.3 is 15.0 Å². The Labute approximate surface area is 111 Å². The minimum absolute atomic E-state index is 0.265. The van der Waals surface area contributed by atoms with E-state index in [0.717, 1.165) is 28.0 Å². The monoisotopic (exact) mass is 266 g/mol. The molecule has 0 saturated heterocycles. The van der Waals surface area contributed by atoms with Crippen LogP contribution in [0, 0.1) is 20.8 Å². The molecule has 0 atom stereocenters. The van der Waals surface area contributed by atoms with Crippen molar-refractivity contribution in [2.75, 3.05) is 12.8 Å². The van der Waals surface area contributed by atoms with Crippen LogP contribution in [0.4, 0.5) is 5.88 Å². The van der Waals surface area contributed by atoms with Gasteiger partial charge in [0.15, 0.2) is 0 Å². The van der Waals surface area contributed by atoms with Gasteiger partial charge in [0.05, 0.1) is 12.7 Å². The van der Waals surface area contributed by atoms with Gasteiger partial charge in [-0.1, -0.05) is 16.8 Å². The third-order valence-electron chi connectivity index (χ3n) is 3.15. The number of benzene rings is 1. The highest BCUT2D eigenvalue weighted by Gasteiger charge is 2.20. The van der Waals surface area contributed by atoms with E-state index in [9.17, 15) is 0 Å². The van der Waals surface area contributed by atoms with Crippen LogP contribution in [0.5, 0.6) is 5.75 Å². The summed E-state index contributed by atoms with van der Waals surface area (Å²) in [6, 6.07) is 1.66. The molecule has 96 valence electrons. The van der Waals surface area contributed by atoms with Gasteiger partial charge in [-0.3, -0.25) is 0 Å². The molecule has 2 aromatic rings. The lowest BCUT2D eigenvalue weighted by Crippen LogP contribution is -1.98. The molecule has 1 aromatic carbocycles. The molecule has 0 bridgehead atoms. The first-order chi connectivity index (χ1) is 8.47. The normalized spacial score (nSPS) is 10.7. The summed E-state index contributed by atoms with van der Waals surface area (Å²) in [5, 5.41) is 4.64. The molecule has 0 spiro atoms. The topological polar surface area (TPSA) is 61.3 Å². The standard InChI is InChI=1S/C13H15ClN2O2/c1-6-7(2)13(17-4)11(8(3)12(6)14)9-5-10(15)18-16-9/h5H,15H2,1-4H3. The Morgan fingerprint density at radius 1 is 1.22 bits per heavy atom. The van der Waals surface area contributed by atoms with Gasteiger partial charge in [0.25, 0.3) is 0 Å². The summed E-state index contributed by atoms with van der Waals surface area (Å²) >= 11 is 6.33. The van der Waals surface area contributed by atoms with Crippen LogP contribution in [0.3, 0.4) is 0 Å². The Bertz CT molecular complexity index is 606. The Balaban J connectivity index is 2.81. The second-order valence-corrected chi connectivity index (χ2v) is 4.59. The summed E-state index contributed by atoms with van der Waals surface area (Å²) in [5.41, 5.74) is 9.92. The van der Waals surface area contributed by atoms with Crippen molar-refractivity contribution < 1.29 is 9.26 Å². The molecular formula is C13H15ClN2O2. The molecule has 0 saturated carbocycles. The maximum Gasteiger partial charge on any atom is 0.222 e. The van der Waals surface area contributed by atoms with Gasteiger partial charge in [0, 0.05) is 11.1 Å². The maximum atomic E-state index is 6.33. The van der Waals surface area contributed by atoms with Gasteiger partial charge in [-0.15, -0.1) is 0 Å². The number of nitrogen functional groups attached to an aromatic ring is 1. The number of nitrogens with zero attached hydrogens (tertiary/aromatic N) is 1. The number of halogens is 1. The fourth-order valence-electron chi connectivity index (χ4n) is 2.05. The molecule has 2 rings (SSSR count). The number of anilines is 1. The molecule has 1 aromatic heterocycles. The van der Waals surface area contributed by atoms with Gasteiger partial charge in [-0.25, -0.2) is 0 Å². The zero-order valence-corrected chi connectivity index (χ0v) is 11.6. The second kappa shape index (κ2) is 4.53. The van der Waals surface area contributed by atoms with Crippen molar-refractivity contribution in [1.29, 1.82) is 0 Å². The predicted octanol–water partition coefficient (Wildman–Crippen LogP) is 3.51. The molecule has 0 radical (unpaired) electrons. The van der Waals surface area contributed by atoms with Crippen molar-refractivity contribution in [2.24, 2.45) is 0 Å². The van der Waals surface area contributed by atoms with E-state index in [1.54, 1.807) is 13.2 Å². The summed E-state index contributed by atoms with van der Waals surface area (Å²) in [7, 11) is 1.63. The highest BCUT2D eigenvalue weighted by molar-refractivity contribution is 6.32. The Kier molecular flexibility index (Phi) is 3.22. The smallest absolute Gasteiger partial charge is 0.222 e. The van der Waals surface area contributed by atoms with Gasteiger partial charge in [-0.2, -0.15) is 0 Å². The minimum atomic E-state index is 0.265. The van der Waals surface area contributed by atoms with Crippen LogP contribution in [-0.2, 0) is 0 Å². The lowest BCUT2D eigenvalue weighted by atomic mass is 9.96. The molecule has 0 unspecified atom stereocenters. The first-order valence-electron chi connectivity index (χ1n) is 5.53. The van der Waals surface area contributed by atoms with Crippen LogP contribution in [0.25, 0.3) is 11.3 Å². The number of hydrogen-bond donors (Lipinski definition) is 1. The van der Waals surface area contributed by atoms with E-state index in [-0.39, 0.29) is 5.88 Å². The third kappa shape index (κ3) is 1.82. The van der Waals surface area contributed by atoms with Crippen LogP contribution in [0.1, 0.15) is 16.7 Å². The van der Waals surface area contributed by atoms with E-state index < -0.39 is 0 Å². The van der Waals surface area contributed by atoms with Crippen LogP contribution in [-0.4, -0.2) is 12.3 Å². The van der Waals surface area contributed by atoms with Crippen LogP contribution < -0.4 is 10.5 Å². The van der Waals surface area contributed by atoms with Gasteiger partial charge in [-0.05, 0) is 37.5 Å². The summed E-state index contributed by atoms with van der Waals surface area (Å²) in [4.78, 5) is 0. The molecule has 2 N–H and O–H groups in total. The Morgan fingerprint density at radius 2 is 1.89 bits per heavy atom. The quantitative estimate of drug-likeness (QED) is 0.903. The maximum absolute atomic E-state index is 6.33. The third-order valence-corrected chi connectivity index (χ3v) is 3.72. The number of aromatic nitrogens is 1. The van der Waals surface area contributed by atoms with E-state index in [0.29, 0.717) is 10.7 Å². The highest BCUT2D eigenvalue weighted by atomic mass is 35.5. The molecule has 0 aliphatic heterocycles. The zero-order valence-electron chi connectivity index (χ0n) is 10.8. The molecule has 0 fully saturated rings. The lowest BCUT2D eigenvalue weighted by Gasteiger charge is -2.16. The highest BCUT2D eigenvalue weighted by Crippen LogP contribution is 2.41. The largest absolute Gasteiger partial charge is 0.496 e. The molecule has 1 heterocycles. The van der Waals surface area contributed by atoms with E-state index in [1.807, 2.05) is 20.8 Å². The first-order valence-corrected chi connectivity index (χ1v) is 5.91.